The van der Waals surface area contributed by atoms with Gasteiger partial charge >= 0.3 is 0 Å². The Morgan fingerprint density at radius 2 is 1.90 bits per heavy atom. The molecule has 0 fully saturated rings. The number of ether oxygens (including phenoxy) is 1. The zero-order valence-electron chi connectivity index (χ0n) is 13.0. The van der Waals surface area contributed by atoms with E-state index in [0.717, 1.165) is 18.7 Å². The maximum absolute atomic E-state index is 6.25. The Hall–Kier alpha value is -1.80. The van der Waals surface area contributed by atoms with E-state index < -0.39 is 0 Å². The topological polar surface area (TPSA) is 21.3 Å². The van der Waals surface area contributed by atoms with Crippen LogP contribution in [0.4, 0.5) is 0 Å². The van der Waals surface area contributed by atoms with Gasteiger partial charge in [0.25, 0.3) is 0 Å². The van der Waals surface area contributed by atoms with Gasteiger partial charge in [-0.25, -0.2) is 0 Å². The monoisotopic (exact) mass is 281 g/mol. The summed E-state index contributed by atoms with van der Waals surface area (Å²) >= 11 is 0. The molecule has 2 nitrogen and oxygen atoms in total. The second-order valence-corrected chi connectivity index (χ2v) is 5.83. The summed E-state index contributed by atoms with van der Waals surface area (Å²) in [5.41, 5.74) is 5.21. The highest BCUT2D eigenvalue weighted by Gasteiger charge is 2.28. The Balaban J connectivity index is 1.93. The second kappa shape index (κ2) is 5.90. The first-order valence-corrected chi connectivity index (χ1v) is 7.75. The van der Waals surface area contributed by atoms with Gasteiger partial charge in [0.1, 0.15) is 11.9 Å². The molecule has 2 aromatic carbocycles. The number of nitrogens with one attached hydrogen (secondary N) is 1. The van der Waals surface area contributed by atoms with E-state index in [0.29, 0.717) is 6.04 Å². The lowest BCUT2D eigenvalue weighted by molar-refractivity contribution is 0.152. The molecule has 0 aromatic heterocycles. The van der Waals surface area contributed by atoms with Crippen LogP contribution in [-0.4, -0.2) is 6.54 Å². The van der Waals surface area contributed by atoms with Crippen molar-refractivity contribution in [3.8, 4) is 5.75 Å². The van der Waals surface area contributed by atoms with E-state index in [9.17, 15) is 0 Å². The molecule has 21 heavy (non-hydrogen) atoms. The predicted molar refractivity (Wildman–Crippen MR) is 86.8 cm³/mol. The lowest BCUT2D eigenvalue weighted by Crippen LogP contribution is -2.29. The summed E-state index contributed by atoms with van der Waals surface area (Å²) in [4.78, 5) is 0. The Morgan fingerprint density at radius 1 is 1.10 bits per heavy atom. The number of hydrogen-bond donors (Lipinski definition) is 1. The van der Waals surface area contributed by atoms with Crippen molar-refractivity contribution in [1.29, 1.82) is 0 Å². The van der Waals surface area contributed by atoms with Crippen molar-refractivity contribution in [2.75, 3.05) is 6.54 Å². The zero-order chi connectivity index (χ0) is 14.8. The number of aryl methyl sites for hydroxylation is 2. The lowest BCUT2D eigenvalue weighted by atomic mass is 9.91. The van der Waals surface area contributed by atoms with Crippen LogP contribution in [0.3, 0.4) is 0 Å². The van der Waals surface area contributed by atoms with Crippen LogP contribution in [-0.2, 0) is 0 Å². The van der Waals surface area contributed by atoms with Crippen LogP contribution in [0.5, 0.6) is 5.75 Å². The summed E-state index contributed by atoms with van der Waals surface area (Å²) in [5.74, 6) is 1.01. The van der Waals surface area contributed by atoms with Gasteiger partial charge < -0.3 is 10.1 Å². The first-order valence-electron chi connectivity index (χ1n) is 7.75. The van der Waals surface area contributed by atoms with E-state index in [2.05, 4.69) is 62.5 Å². The third-order valence-corrected chi connectivity index (χ3v) is 4.37. The fourth-order valence-electron chi connectivity index (χ4n) is 3.03. The van der Waals surface area contributed by atoms with Gasteiger partial charge in [0.05, 0.1) is 0 Å². The highest BCUT2D eigenvalue weighted by Crippen LogP contribution is 2.40. The predicted octanol–water partition coefficient (Wildman–Crippen LogP) is 4.48. The number of benzene rings is 2. The molecule has 110 valence electrons. The average molecular weight is 281 g/mol. The Bertz CT molecular complexity index is 635. The van der Waals surface area contributed by atoms with Crippen LogP contribution in [0.25, 0.3) is 0 Å². The first-order chi connectivity index (χ1) is 10.2. The van der Waals surface area contributed by atoms with Crippen LogP contribution in [0.1, 0.15) is 47.7 Å². The van der Waals surface area contributed by atoms with Gasteiger partial charge in [-0.2, -0.15) is 0 Å². The van der Waals surface area contributed by atoms with Crippen LogP contribution in [0.2, 0.25) is 0 Å². The van der Waals surface area contributed by atoms with E-state index in [-0.39, 0.29) is 6.10 Å². The molecule has 1 aliphatic rings. The molecule has 2 atom stereocenters. The highest BCUT2D eigenvalue weighted by atomic mass is 16.5. The summed E-state index contributed by atoms with van der Waals surface area (Å²) in [6.07, 6.45) is 1.11. The van der Waals surface area contributed by atoms with E-state index in [1.54, 1.807) is 0 Å². The van der Waals surface area contributed by atoms with Crippen LogP contribution in [0.15, 0.2) is 42.5 Å². The molecule has 0 aliphatic carbocycles. The van der Waals surface area contributed by atoms with Crippen LogP contribution < -0.4 is 10.1 Å². The molecular weight excluding hydrogens is 258 g/mol. The van der Waals surface area contributed by atoms with Crippen LogP contribution >= 0.6 is 0 Å². The van der Waals surface area contributed by atoms with Crippen molar-refractivity contribution < 1.29 is 4.74 Å². The third kappa shape index (κ3) is 2.81. The fraction of sp³-hybridized carbons (Fsp3) is 0.368. The van der Waals surface area contributed by atoms with Crippen molar-refractivity contribution in [1.82, 2.24) is 5.32 Å². The summed E-state index contributed by atoms with van der Waals surface area (Å²) < 4.78 is 6.25. The number of para-hydroxylation sites is 1. The normalized spacial score (nSPS) is 20.7. The van der Waals surface area contributed by atoms with E-state index in [1.807, 2.05) is 6.07 Å². The molecule has 1 aliphatic heterocycles. The molecule has 1 N–H and O–H groups in total. The standard InChI is InChI=1S/C19H23NO/c1-4-20-17-12-19(15-10-9-13(2)14(3)11-15)21-18-8-6-5-7-16(17)18/h5-11,17,19-20H,4,12H2,1-3H3. The van der Waals surface area contributed by atoms with Gasteiger partial charge in [-0.05, 0) is 43.1 Å². The van der Waals surface area contributed by atoms with Crippen molar-refractivity contribution >= 4 is 0 Å². The van der Waals surface area contributed by atoms with Gasteiger partial charge in [0.2, 0.25) is 0 Å². The minimum atomic E-state index is 0.128. The van der Waals surface area contributed by atoms with E-state index in [1.165, 1.54) is 22.3 Å². The molecule has 0 bridgehead atoms. The molecule has 0 radical (unpaired) electrons. The van der Waals surface area contributed by atoms with Gasteiger partial charge in [0.15, 0.2) is 0 Å². The minimum absolute atomic E-state index is 0.128. The summed E-state index contributed by atoms with van der Waals surface area (Å²) in [6, 6.07) is 15.4. The molecular formula is C19H23NO. The molecule has 0 amide bonds. The molecule has 2 unspecified atom stereocenters. The molecule has 2 heteroatoms. The first kappa shape index (κ1) is 14.2. The summed E-state index contributed by atoms with van der Waals surface area (Å²) in [5, 5.41) is 3.59. The molecule has 0 saturated heterocycles. The Morgan fingerprint density at radius 3 is 2.67 bits per heavy atom. The van der Waals surface area contributed by atoms with E-state index >= 15 is 0 Å². The van der Waals surface area contributed by atoms with Gasteiger partial charge in [-0.1, -0.05) is 43.3 Å². The quantitative estimate of drug-likeness (QED) is 0.895. The Labute approximate surface area is 127 Å². The molecule has 0 saturated carbocycles. The molecule has 2 aromatic rings. The molecule has 1 heterocycles. The highest BCUT2D eigenvalue weighted by molar-refractivity contribution is 5.40. The zero-order valence-corrected chi connectivity index (χ0v) is 13.0. The van der Waals surface area contributed by atoms with Crippen molar-refractivity contribution in [2.45, 2.75) is 39.3 Å². The Kier molecular flexibility index (Phi) is 3.98. The third-order valence-electron chi connectivity index (χ3n) is 4.37. The van der Waals surface area contributed by atoms with Gasteiger partial charge in [0, 0.05) is 18.0 Å². The maximum atomic E-state index is 6.25. The van der Waals surface area contributed by atoms with Crippen molar-refractivity contribution in [2.24, 2.45) is 0 Å². The number of rotatable bonds is 3. The lowest BCUT2D eigenvalue weighted by Gasteiger charge is -2.33. The number of hydrogen-bond acceptors (Lipinski definition) is 2. The minimum Gasteiger partial charge on any atom is -0.485 e. The van der Waals surface area contributed by atoms with Crippen molar-refractivity contribution in [3.05, 3.63) is 64.7 Å². The largest absolute Gasteiger partial charge is 0.485 e. The van der Waals surface area contributed by atoms with E-state index in [4.69, 9.17) is 4.74 Å². The maximum Gasteiger partial charge on any atom is 0.126 e. The van der Waals surface area contributed by atoms with Gasteiger partial charge in [-0.15, -0.1) is 0 Å². The van der Waals surface area contributed by atoms with Crippen molar-refractivity contribution in [3.63, 3.8) is 0 Å². The number of fused-ring (bicyclic) bond motifs is 1. The molecule has 0 spiro atoms. The van der Waals surface area contributed by atoms with Crippen LogP contribution in [0, 0.1) is 13.8 Å². The average Bonchev–Trinajstić information content (AvgIpc) is 2.50. The smallest absolute Gasteiger partial charge is 0.126 e. The summed E-state index contributed by atoms with van der Waals surface area (Å²) in [6.45, 7) is 7.44. The fourth-order valence-corrected chi connectivity index (χ4v) is 3.03. The molecule has 3 rings (SSSR count). The SMILES string of the molecule is CCNC1CC(c2ccc(C)c(C)c2)Oc2ccccc21. The second-order valence-electron chi connectivity index (χ2n) is 5.83. The van der Waals surface area contributed by atoms with Gasteiger partial charge in [-0.3, -0.25) is 0 Å². The summed E-state index contributed by atoms with van der Waals surface area (Å²) in [7, 11) is 0.